The summed E-state index contributed by atoms with van der Waals surface area (Å²) in [5.41, 5.74) is 7.38. The summed E-state index contributed by atoms with van der Waals surface area (Å²) >= 11 is 1.59. The summed E-state index contributed by atoms with van der Waals surface area (Å²) in [6, 6.07) is 3.26. The van der Waals surface area contributed by atoms with E-state index in [1.807, 2.05) is 13.8 Å². The van der Waals surface area contributed by atoms with Crippen molar-refractivity contribution in [3.8, 4) is 0 Å². The van der Waals surface area contributed by atoms with Crippen molar-refractivity contribution >= 4 is 47.7 Å². The summed E-state index contributed by atoms with van der Waals surface area (Å²) in [6.07, 6.45) is 1.47. The van der Waals surface area contributed by atoms with Crippen LogP contribution in [0.5, 0.6) is 0 Å². The van der Waals surface area contributed by atoms with E-state index in [1.54, 1.807) is 23.5 Å². The van der Waals surface area contributed by atoms with Gasteiger partial charge in [0.25, 0.3) is 5.91 Å². The van der Waals surface area contributed by atoms with E-state index >= 15 is 0 Å². The van der Waals surface area contributed by atoms with Crippen molar-refractivity contribution in [1.82, 2.24) is 15.3 Å². The molecule has 110 valence electrons. The van der Waals surface area contributed by atoms with Crippen LogP contribution in [0, 0.1) is 13.8 Å². The van der Waals surface area contributed by atoms with Crippen molar-refractivity contribution in [2.75, 3.05) is 5.73 Å². The molecule has 20 heavy (non-hydrogen) atoms. The Morgan fingerprint density at radius 1 is 1.35 bits per heavy atom. The maximum atomic E-state index is 11.8. The third-order valence-corrected chi connectivity index (χ3v) is 3.50. The number of carbonyl (C=O) groups is 1. The molecule has 0 unspecified atom stereocenters. The Balaban J connectivity index is 0.00000180. The van der Waals surface area contributed by atoms with Gasteiger partial charge in [-0.15, -0.1) is 36.2 Å². The molecule has 3 N–H and O–H groups in total. The van der Waals surface area contributed by atoms with Crippen molar-refractivity contribution in [3.63, 3.8) is 0 Å². The molecule has 0 spiro atoms. The Hall–Kier alpha value is -1.37. The van der Waals surface area contributed by atoms with Gasteiger partial charge in [0.05, 0.1) is 29.1 Å². The second kappa shape index (κ2) is 8.04. The number of nitrogens with two attached hydrogens (primary N) is 1. The number of thiazole rings is 1. The van der Waals surface area contributed by atoms with Gasteiger partial charge in [-0.2, -0.15) is 0 Å². The summed E-state index contributed by atoms with van der Waals surface area (Å²) in [5, 5.41) is 3.82. The lowest BCUT2D eigenvalue weighted by Gasteiger charge is -2.03. The quantitative estimate of drug-likeness (QED) is 0.903. The number of rotatable bonds is 3. The van der Waals surface area contributed by atoms with Gasteiger partial charge in [-0.05, 0) is 26.0 Å². The molecule has 1 amide bonds. The fraction of sp³-hybridized carbons (Fsp3) is 0.250. The molecular weight excluding hydrogens is 319 g/mol. The molecule has 2 heterocycles. The van der Waals surface area contributed by atoms with Crippen LogP contribution in [-0.4, -0.2) is 15.9 Å². The van der Waals surface area contributed by atoms with Gasteiger partial charge in [0, 0.05) is 4.88 Å². The lowest BCUT2D eigenvalue weighted by Crippen LogP contribution is -2.23. The predicted molar refractivity (Wildman–Crippen MR) is 85.9 cm³/mol. The maximum absolute atomic E-state index is 11.8. The van der Waals surface area contributed by atoms with Crippen LogP contribution in [-0.2, 0) is 6.54 Å². The van der Waals surface area contributed by atoms with E-state index in [-0.39, 0.29) is 30.7 Å². The Morgan fingerprint density at radius 3 is 2.55 bits per heavy atom. The highest BCUT2D eigenvalue weighted by molar-refractivity contribution is 7.11. The molecule has 2 aromatic heterocycles. The zero-order valence-electron chi connectivity index (χ0n) is 11.0. The Bertz CT molecular complexity index is 571. The SMILES string of the molecule is Cc1nc(C)c(CNC(=O)c2ccc(N)cn2)s1.Cl.Cl. The van der Waals surface area contributed by atoms with Crippen molar-refractivity contribution in [2.24, 2.45) is 0 Å². The molecule has 0 aliphatic heterocycles. The maximum Gasteiger partial charge on any atom is 0.270 e. The predicted octanol–water partition coefficient (Wildman–Crippen LogP) is 2.51. The van der Waals surface area contributed by atoms with E-state index < -0.39 is 0 Å². The zero-order valence-corrected chi connectivity index (χ0v) is 13.5. The van der Waals surface area contributed by atoms with Crippen LogP contribution in [0.4, 0.5) is 5.69 Å². The molecule has 2 aromatic rings. The normalized spacial score (nSPS) is 9.30. The van der Waals surface area contributed by atoms with Gasteiger partial charge in [-0.1, -0.05) is 0 Å². The first kappa shape index (κ1) is 18.6. The number of hydrogen-bond acceptors (Lipinski definition) is 5. The smallest absolute Gasteiger partial charge is 0.270 e. The summed E-state index contributed by atoms with van der Waals surface area (Å²) in [7, 11) is 0. The van der Waals surface area contributed by atoms with Gasteiger partial charge in [0.1, 0.15) is 5.69 Å². The number of pyridine rings is 1. The molecule has 0 radical (unpaired) electrons. The lowest BCUT2D eigenvalue weighted by molar-refractivity contribution is 0.0946. The van der Waals surface area contributed by atoms with Gasteiger partial charge in [0.2, 0.25) is 0 Å². The van der Waals surface area contributed by atoms with Gasteiger partial charge >= 0.3 is 0 Å². The number of aromatic nitrogens is 2. The van der Waals surface area contributed by atoms with Gasteiger partial charge < -0.3 is 11.1 Å². The van der Waals surface area contributed by atoms with Gasteiger partial charge in [-0.3, -0.25) is 4.79 Å². The van der Waals surface area contributed by atoms with Crippen molar-refractivity contribution in [3.05, 3.63) is 39.6 Å². The summed E-state index contributed by atoms with van der Waals surface area (Å²) in [4.78, 5) is 21.2. The molecule has 0 fully saturated rings. The molecule has 2 rings (SSSR count). The van der Waals surface area contributed by atoms with Crippen LogP contribution in [0.1, 0.15) is 26.1 Å². The minimum Gasteiger partial charge on any atom is -0.397 e. The van der Waals surface area contributed by atoms with Crippen LogP contribution in [0.25, 0.3) is 0 Å². The highest BCUT2D eigenvalue weighted by atomic mass is 35.5. The van der Waals surface area contributed by atoms with Crippen LogP contribution in [0.3, 0.4) is 0 Å². The fourth-order valence-corrected chi connectivity index (χ4v) is 2.41. The second-order valence-electron chi connectivity index (χ2n) is 3.90. The van der Waals surface area contributed by atoms with Crippen LogP contribution in [0.2, 0.25) is 0 Å². The number of nitrogen functional groups attached to an aromatic ring is 1. The molecule has 8 heteroatoms. The van der Waals surface area contributed by atoms with Crippen LogP contribution < -0.4 is 11.1 Å². The molecule has 0 aromatic carbocycles. The minimum atomic E-state index is -0.208. The monoisotopic (exact) mass is 334 g/mol. The number of hydrogen-bond donors (Lipinski definition) is 2. The number of halogens is 2. The average molecular weight is 335 g/mol. The number of carbonyl (C=O) groups excluding carboxylic acids is 1. The second-order valence-corrected chi connectivity index (χ2v) is 5.19. The molecule has 0 saturated heterocycles. The van der Waals surface area contributed by atoms with Gasteiger partial charge in [0.15, 0.2) is 0 Å². The molecule has 0 aliphatic carbocycles. The molecule has 0 saturated carbocycles. The number of nitrogens with one attached hydrogen (secondary N) is 1. The largest absolute Gasteiger partial charge is 0.397 e. The van der Waals surface area contributed by atoms with Crippen LogP contribution >= 0.6 is 36.2 Å². The number of aryl methyl sites for hydroxylation is 2. The third kappa shape index (κ3) is 4.63. The summed E-state index contributed by atoms with van der Waals surface area (Å²) in [6.45, 7) is 4.36. The van der Waals surface area contributed by atoms with E-state index in [0.717, 1.165) is 15.6 Å². The first-order chi connectivity index (χ1) is 8.56. The Morgan fingerprint density at radius 2 is 2.05 bits per heavy atom. The first-order valence-corrected chi connectivity index (χ1v) is 6.30. The van der Waals surface area contributed by atoms with Crippen molar-refractivity contribution < 1.29 is 4.79 Å². The molecular formula is C12H16Cl2N4OS. The standard InChI is InChI=1S/C12H14N4OS.2ClH/c1-7-11(18-8(2)16-7)6-15-12(17)10-4-3-9(13)5-14-10;;/h3-5H,6,13H2,1-2H3,(H,15,17);2*1H. The average Bonchev–Trinajstić information content (AvgIpc) is 2.66. The van der Waals surface area contributed by atoms with E-state index in [9.17, 15) is 4.79 Å². The van der Waals surface area contributed by atoms with Crippen molar-refractivity contribution in [1.29, 1.82) is 0 Å². The molecule has 5 nitrogen and oxygen atoms in total. The van der Waals surface area contributed by atoms with Gasteiger partial charge in [-0.25, -0.2) is 9.97 Å². The lowest BCUT2D eigenvalue weighted by atomic mass is 10.3. The molecule has 0 bridgehead atoms. The number of amides is 1. The minimum absolute atomic E-state index is 0. The van der Waals surface area contributed by atoms with E-state index in [0.29, 0.717) is 17.9 Å². The topological polar surface area (TPSA) is 80.9 Å². The molecule has 0 atom stereocenters. The molecule has 0 aliphatic rings. The summed E-state index contributed by atoms with van der Waals surface area (Å²) < 4.78 is 0. The Labute approximate surface area is 133 Å². The van der Waals surface area contributed by atoms with E-state index in [2.05, 4.69) is 15.3 Å². The van der Waals surface area contributed by atoms with Crippen molar-refractivity contribution in [2.45, 2.75) is 20.4 Å². The third-order valence-electron chi connectivity index (χ3n) is 2.43. The van der Waals surface area contributed by atoms with Crippen LogP contribution in [0.15, 0.2) is 18.3 Å². The number of anilines is 1. The van der Waals surface area contributed by atoms with E-state index in [1.165, 1.54) is 6.20 Å². The summed E-state index contributed by atoms with van der Waals surface area (Å²) in [5.74, 6) is -0.208. The first-order valence-electron chi connectivity index (χ1n) is 5.49. The zero-order chi connectivity index (χ0) is 13.1. The highest BCUT2D eigenvalue weighted by Gasteiger charge is 2.09. The highest BCUT2D eigenvalue weighted by Crippen LogP contribution is 2.16. The number of nitrogens with zero attached hydrogens (tertiary/aromatic N) is 2. The van der Waals surface area contributed by atoms with E-state index in [4.69, 9.17) is 5.73 Å². The fourth-order valence-electron chi connectivity index (χ4n) is 1.53. The Kier molecular flexibility index (Phi) is 7.49.